The minimum absolute atomic E-state index is 0.0293. The fourth-order valence-corrected chi connectivity index (χ4v) is 2.09. The van der Waals surface area contributed by atoms with Gasteiger partial charge in [0.1, 0.15) is 0 Å². The fraction of sp³-hybridized carbons (Fsp3) is 0.357. The first-order chi connectivity index (χ1) is 9.95. The van der Waals surface area contributed by atoms with E-state index in [-0.39, 0.29) is 19.0 Å². The maximum Gasteiger partial charge on any atom is 0.325 e. The van der Waals surface area contributed by atoms with Gasteiger partial charge in [0.05, 0.1) is 13.0 Å². The van der Waals surface area contributed by atoms with E-state index in [0.29, 0.717) is 12.1 Å². The van der Waals surface area contributed by atoms with Crippen molar-refractivity contribution in [3.05, 3.63) is 35.4 Å². The zero-order chi connectivity index (χ0) is 15.4. The smallest absolute Gasteiger partial charge is 0.325 e. The molecule has 1 aromatic rings. The molecule has 0 saturated carbocycles. The molecule has 0 spiro atoms. The van der Waals surface area contributed by atoms with E-state index >= 15 is 0 Å². The number of carboxylic acids is 1. The summed E-state index contributed by atoms with van der Waals surface area (Å²) in [5.74, 6) is -0.884. The Bertz CT molecular complexity index is 556. The Morgan fingerprint density at radius 2 is 1.95 bits per heavy atom. The van der Waals surface area contributed by atoms with Crippen LogP contribution in [0.25, 0.3) is 0 Å². The summed E-state index contributed by atoms with van der Waals surface area (Å²) >= 11 is 0. The van der Waals surface area contributed by atoms with E-state index in [9.17, 15) is 14.4 Å². The molecule has 112 valence electrons. The van der Waals surface area contributed by atoms with Crippen LogP contribution in [0, 0.1) is 0 Å². The molecular formula is C14H17N3O4. The molecule has 1 aliphatic heterocycles. The van der Waals surface area contributed by atoms with Crippen LogP contribution in [-0.4, -0.2) is 40.6 Å². The normalized spacial score (nSPS) is 17.5. The molecule has 7 heteroatoms. The van der Waals surface area contributed by atoms with Crippen LogP contribution < -0.4 is 10.6 Å². The molecule has 1 heterocycles. The fourth-order valence-electron chi connectivity index (χ4n) is 2.09. The molecule has 3 N–H and O–H groups in total. The molecule has 1 aromatic carbocycles. The topological polar surface area (TPSA) is 98.7 Å². The van der Waals surface area contributed by atoms with E-state index in [2.05, 4.69) is 10.6 Å². The molecule has 1 aliphatic rings. The maximum atomic E-state index is 11.9. The molecular weight excluding hydrogens is 274 g/mol. The number of hydrogen-bond acceptors (Lipinski definition) is 3. The van der Waals surface area contributed by atoms with Gasteiger partial charge in [-0.1, -0.05) is 24.3 Å². The van der Waals surface area contributed by atoms with Crippen molar-refractivity contribution < 1.29 is 19.5 Å². The van der Waals surface area contributed by atoms with Gasteiger partial charge >= 0.3 is 18.0 Å². The number of nitrogens with one attached hydrogen (secondary N) is 2. The summed E-state index contributed by atoms with van der Waals surface area (Å²) < 4.78 is 0. The second-order valence-corrected chi connectivity index (χ2v) is 5.01. The molecule has 0 bridgehead atoms. The van der Waals surface area contributed by atoms with Gasteiger partial charge in [-0.15, -0.1) is 0 Å². The number of amides is 4. The average Bonchev–Trinajstić information content (AvgIpc) is 2.76. The Hall–Kier alpha value is -2.57. The largest absolute Gasteiger partial charge is 0.481 e. The van der Waals surface area contributed by atoms with Crippen LogP contribution in [0.2, 0.25) is 0 Å². The number of carbonyl (C=O) groups is 3. The highest BCUT2D eigenvalue weighted by Crippen LogP contribution is 2.07. The van der Waals surface area contributed by atoms with Gasteiger partial charge in [0, 0.05) is 12.6 Å². The number of urea groups is 2. The third kappa shape index (κ3) is 3.95. The zero-order valence-electron chi connectivity index (χ0n) is 11.6. The molecule has 2 rings (SSSR count). The SMILES string of the molecule is CC1CN(C(=O)NCc2ccc(CC(=O)O)cc2)C(=O)N1. The van der Waals surface area contributed by atoms with Crippen molar-refractivity contribution in [1.82, 2.24) is 15.5 Å². The highest BCUT2D eigenvalue weighted by molar-refractivity contribution is 5.95. The second kappa shape index (κ2) is 6.25. The monoisotopic (exact) mass is 291 g/mol. The molecule has 1 saturated heterocycles. The van der Waals surface area contributed by atoms with Gasteiger partial charge in [0.15, 0.2) is 0 Å². The lowest BCUT2D eigenvalue weighted by molar-refractivity contribution is -0.136. The summed E-state index contributed by atoms with van der Waals surface area (Å²) in [6.45, 7) is 2.46. The van der Waals surface area contributed by atoms with Gasteiger partial charge in [-0.05, 0) is 18.1 Å². The highest BCUT2D eigenvalue weighted by atomic mass is 16.4. The van der Waals surface area contributed by atoms with Gasteiger partial charge in [-0.2, -0.15) is 0 Å². The van der Waals surface area contributed by atoms with E-state index in [1.165, 1.54) is 0 Å². The summed E-state index contributed by atoms with van der Waals surface area (Å²) in [5.41, 5.74) is 1.54. The Balaban J connectivity index is 1.86. The third-order valence-corrected chi connectivity index (χ3v) is 3.14. The van der Waals surface area contributed by atoms with Gasteiger partial charge in [0.25, 0.3) is 0 Å². The Morgan fingerprint density at radius 3 is 2.48 bits per heavy atom. The number of benzene rings is 1. The highest BCUT2D eigenvalue weighted by Gasteiger charge is 2.30. The lowest BCUT2D eigenvalue weighted by atomic mass is 10.1. The summed E-state index contributed by atoms with van der Waals surface area (Å²) in [6, 6.07) is 6.05. The number of rotatable bonds is 4. The molecule has 1 fully saturated rings. The second-order valence-electron chi connectivity index (χ2n) is 5.01. The first kappa shape index (κ1) is 14.8. The van der Waals surface area contributed by atoms with Crippen molar-refractivity contribution in [3.63, 3.8) is 0 Å². The van der Waals surface area contributed by atoms with Crippen LogP contribution >= 0.6 is 0 Å². The molecule has 1 atom stereocenters. The maximum absolute atomic E-state index is 11.9. The van der Waals surface area contributed by atoms with Crippen molar-refractivity contribution in [3.8, 4) is 0 Å². The minimum Gasteiger partial charge on any atom is -0.481 e. The quantitative estimate of drug-likeness (QED) is 0.768. The standard InChI is InChI=1S/C14H17N3O4/c1-9-8-17(14(21)16-9)13(20)15-7-11-4-2-10(3-5-11)6-12(18)19/h2-5,9H,6-8H2,1H3,(H,15,20)(H,16,21)(H,18,19). The zero-order valence-corrected chi connectivity index (χ0v) is 11.6. The summed E-state index contributed by atoms with van der Waals surface area (Å²) in [5, 5.41) is 14.0. The molecule has 0 aromatic heterocycles. The van der Waals surface area contributed by atoms with Gasteiger partial charge in [0.2, 0.25) is 0 Å². The molecule has 7 nitrogen and oxygen atoms in total. The van der Waals surface area contributed by atoms with Gasteiger partial charge in [-0.3, -0.25) is 4.79 Å². The van der Waals surface area contributed by atoms with Crippen LogP contribution in [0.1, 0.15) is 18.1 Å². The van der Waals surface area contributed by atoms with E-state index in [4.69, 9.17) is 5.11 Å². The van der Waals surface area contributed by atoms with Crippen molar-refractivity contribution in [2.75, 3.05) is 6.54 Å². The van der Waals surface area contributed by atoms with Gasteiger partial charge < -0.3 is 15.7 Å². The lowest BCUT2D eigenvalue weighted by Gasteiger charge is -2.13. The van der Waals surface area contributed by atoms with Crippen LogP contribution in [0.15, 0.2) is 24.3 Å². The van der Waals surface area contributed by atoms with Gasteiger partial charge in [-0.25, -0.2) is 14.5 Å². The Kier molecular flexibility index (Phi) is 4.42. The summed E-state index contributed by atoms with van der Waals surface area (Å²) in [7, 11) is 0. The van der Waals surface area contributed by atoms with Crippen LogP contribution in [-0.2, 0) is 17.8 Å². The number of imide groups is 1. The number of hydrogen-bond donors (Lipinski definition) is 3. The summed E-state index contributed by atoms with van der Waals surface area (Å²) in [4.78, 5) is 35.0. The van der Waals surface area contributed by atoms with E-state index in [1.807, 2.05) is 6.92 Å². The van der Waals surface area contributed by atoms with Crippen molar-refractivity contribution in [1.29, 1.82) is 0 Å². The number of nitrogens with zero attached hydrogens (tertiary/aromatic N) is 1. The first-order valence-electron chi connectivity index (χ1n) is 6.61. The molecule has 0 aliphatic carbocycles. The first-order valence-corrected chi connectivity index (χ1v) is 6.61. The Labute approximate surface area is 121 Å². The number of aliphatic carboxylic acids is 1. The predicted octanol–water partition coefficient (Wildman–Crippen LogP) is 0.937. The lowest BCUT2D eigenvalue weighted by Crippen LogP contribution is -2.41. The minimum atomic E-state index is -0.884. The summed E-state index contributed by atoms with van der Waals surface area (Å²) in [6.07, 6.45) is -0.0293. The molecule has 4 amide bonds. The molecule has 0 radical (unpaired) electrons. The van der Waals surface area contributed by atoms with E-state index < -0.39 is 18.0 Å². The Morgan fingerprint density at radius 1 is 1.33 bits per heavy atom. The average molecular weight is 291 g/mol. The predicted molar refractivity (Wildman–Crippen MR) is 74.7 cm³/mol. The van der Waals surface area contributed by atoms with Crippen molar-refractivity contribution >= 4 is 18.0 Å². The number of carbonyl (C=O) groups excluding carboxylic acids is 2. The molecule has 1 unspecified atom stereocenters. The van der Waals surface area contributed by atoms with E-state index in [1.54, 1.807) is 24.3 Å². The number of carboxylic acid groups (broad SMARTS) is 1. The van der Waals surface area contributed by atoms with Crippen LogP contribution in [0.4, 0.5) is 9.59 Å². The molecule has 21 heavy (non-hydrogen) atoms. The van der Waals surface area contributed by atoms with Crippen LogP contribution in [0.3, 0.4) is 0 Å². The van der Waals surface area contributed by atoms with Crippen LogP contribution in [0.5, 0.6) is 0 Å². The van der Waals surface area contributed by atoms with Crippen molar-refractivity contribution in [2.24, 2.45) is 0 Å². The van der Waals surface area contributed by atoms with Crippen molar-refractivity contribution in [2.45, 2.75) is 25.9 Å². The van der Waals surface area contributed by atoms with E-state index in [0.717, 1.165) is 10.5 Å². The third-order valence-electron chi connectivity index (χ3n) is 3.14.